The summed E-state index contributed by atoms with van der Waals surface area (Å²) in [5.41, 5.74) is 6.34. The van der Waals surface area contributed by atoms with Gasteiger partial charge in [0, 0.05) is 11.4 Å². The number of benzene rings is 2. The van der Waals surface area contributed by atoms with Crippen molar-refractivity contribution in [2.45, 2.75) is 34.1 Å². The molecule has 0 atom stereocenters. The molecule has 0 spiro atoms. The van der Waals surface area contributed by atoms with E-state index in [9.17, 15) is 9.59 Å². The van der Waals surface area contributed by atoms with Gasteiger partial charge < -0.3 is 20.4 Å². The standard InChI is InChI=1S/C25H34N4O2/c1-5-21-11-7-10-20(4)25(21)27-23(31)17-29-14-12-28(13-15-29)16-22(30)26-24-18(2)8-6-9-19(24)3/h6-11H,5,12-17H2,1-4H3,(H,26,30)(H,27,31)/p+2. The summed E-state index contributed by atoms with van der Waals surface area (Å²) >= 11 is 0. The largest absolute Gasteiger partial charge is 0.321 e. The lowest BCUT2D eigenvalue weighted by molar-refractivity contribution is -1.00. The van der Waals surface area contributed by atoms with E-state index < -0.39 is 0 Å². The molecule has 4 N–H and O–H groups in total. The van der Waals surface area contributed by atoms with Gasteiger partial charge in [0.05, 0.1) is 0 Å². The molecular weight excluding hydrogens is 388 g/mol. The minimum atomic E-state index is 0.0558. The second-order valence-electron chi connectivity index (χ2n) is 8.68. The van der Waals surface area contributed by atoms with Gasteiger partial charge in [-0.05, 0) is 49.4 Å². The summed E-state index contributed by atoms with van der Waals surface area (Å²) < 4.78 is 0. The Balaban J connectivity index is 1.45. The highest BCUT2D eigenvalue weighted by Crippen LogP contribution is 2.21. The van der Waals surface area contributed by atoms with Gasteiger partial charge in [-0.1, -0.05) is 43.3 Å². The molecule has 0 radical (unpaired) electrons. The third kappa shape index (κ3) is 6.15. The number of quaternary nitrogens is 2. The van der Waals surface area contributed by atoms with Gasteiger partial charge in [-0.3, -0.25) is 9.59 Å². The minimum absolute atomic E-state index is 0.0558. The van der Waals surface area contributed by atoms with Gasteiger partial charge in [0.2, 0.25) is 0 Å². The molecule has 0 aromatic heterocycles. The van der Waals surface area contributed by atoms with E-state index in [1.165, 1.54) is 15.4 Å². The van der Waals surface area contributed by atoms with Crippen molar-refractivity contribution in [1.29, 1.82) is 0 Å². The fourth-order valence-electron chi connectivity index (χ4n) is 4.35. The van der Waals surface area contributed by atoms with Crippen molar-refractivity contribution in [3.63, 3.8) is 0 Å². The summed E-state index contributed by atoms with van der Waals surface area (Å²) in [6.45, 7) is 12.7. The number of carbonyl (C=O) groups excluding carboxylic acids is 2. The molecule has 3 rings (SSSR count). The number of nitrogens with one attached hydrogen (secondary N) is 4. The van der Waals surface area contributed by atoms with Crippen LogP contribution in [0, 0.1) is 20.8 Å². The maximum Gasteiger partial charge on any atom is 0.279 e. The van der Waals surface area contributed by atoms with E-state index in [0.29, 0.717) is 13.1 Å². The van der Waals surface area contributed by atoms with E-state index in [1.807, 2.05) is 51.1 Å². The second kappa shape index (κ2) is 10.6. The Morgan fingerprint density at radius 3 is 1.65 bits per heavy atom. The van der Waals surface area contributed by atoms with Crippen LogP contribution in [0.15, 0.2) is 36.4 Å². The number of aryl methyl sites for hydroxylation is 4. The molecule has 31 heavy (non-hydrogen) atoms. The zero-order valence-corrected chi connectivity index (χ0v) is 19.2. The average molecular weight is 425 g/mol. The van der Waals surface area contributed by atoms with Crippen LogP contribution in [0.5, 0.6) is 0 Å². The van der Waals surface area contributed by atoms with Crippen molar-refractivity contribution in [2.75, 3.05) is 49.9 Å². The Morgan fingerprint density at radius 2 is 1.16 bits per heavy atom. The highest BCUT2D eigenvalue weighted by Gasteiger charge is 2.26. The topological polar surface area (TPSA) is 67.1 Å². The molecule has 2 amide bonds. The molecule has 1 aliphatic heterocycles. The molecular formula is C25H36N4O2+2. The summed E-state index contributed by atoms with van der Waals surface area (Å²) in [4.78, 5) is 27.7. The van der Waals surface area contributed by atoms with Crippen molar-refractivity contribution in [3.05, 3.63) is 58.7 Å². The van der Waals surface area contributed by atoms with E-state index >= 15 is 0 Å². The van der Waals surface area contributed by atoms with E-state index in [4.69, 9.17) is 0 Å². The first-order valence-corrected chi connectivity index (χ1v) is 11.3. The number of carbonyl (C=O) groups is 2. The van der Waals surface area contributed by atoms with E-state index in [2.05, 4.69) is 23.6 Å². The van der Waals surface area contributed by atoms with Crippen LogP contribution in [-0.2, 0) is 16.0 Å². The molecule has 2 aromatic carbocycles. The molecule has 1 heterocycles. The lowest BCUT2D eigenvalue weighted by Gasteiger charge is -2.29. The van der Waals surface area contributed by atoms with Crippen LogP contribution in [0.3, 0.4) is 0 Å². The summed E-state index contributed by atoms with van der Waals surface area (Å²) in [5, 5.41) is 6.21. The lowest BCUT2D eigenvalue weighted by Crippen LogP contribution is -3.28. The SMILES string of the molecule is CCc1cccc(C)c1NC(=O)C[NH+]1CC[NH+](CC(=O)Nc2c(C)cccc2C)CC1. The molecule has 2 aromatic rings. The molecule has 0 saturated carbocycles. The maximum atomic E-state index is 12.6. The highest BCUT2D eigenvalue weighted by atomic mass is 16.2. The predicted molar refractivity (Wildman–Crippen MR) is 125 cm³/mol. The zero-order valence-electron chi connectivity index (χ0n) is 19.2. The molecule has 0 bridgehead atoms. The molecule has 1 aliphatic rings. The van der Waals surface area contributed by atoms with Crippen LogP contribution in [0.25, 0.3) is 0 Å². The van der Waals surface area contributed by atoms with E-state index in [1.54, 1.807) is 0 Å². The molecule has 0 unspecified atom stereocenters. The third-order valence-corrected chi connectivity index (χ3v) is 6.24. The number of hydrogen-bond acceptors (Lipinski definition) is 2. The summed E-state index contributed by atoms with van der Waals surface area (Å²) in [7, 11) is 0. The van der Waals surface area contributed by atoms with Crippen LogP contribution in [0.4, 0.5) is 11.4 Å². The summed E-state index contributed by atoms with van der Waals surface area (Å²) in [6, 6.07) is 12.2. The molecule has 0 aliphatic carbocycles. The lowest BCUT2D eigenvalue weighted by atomic mass is 10.1. The van der Waals surface area contributed by atoms with Crippen LogP contribution >= 0.6 is 0 Å². The van der Waals surface area contributed by atoms with Gasteiger partial charge in [0.25, 0.3) is 11.8 Å². The molecule has 6 nitrogen and oxygen atoms in total. The Bertz CT molecular complexity index is 913. The zero-order chi connectivity index (χ0) is 22.4. The van der Waals surface area contributed by atoms with Crippen molar-refractivity contribution in [1.82, 2.24) is 0 Å². The van der Waals surface area contributed by atoms with Crippen LogP contribution in [-0.4, -0.2) is 51.1 Å². The van der Waals surface area contributed by atoms with Gasteiger partial charge >= 0.3 is 0 Å². The number of anilines is 2. The molecule has 6 heteroatoms. The van der Waals surface area contributed by atoms with E-state index in [0.717, 1.165) is 60.7 Å². The number of rotatable bonds is 7. The Hall–Kier alpha value is -2.70. The Morgan fingerprint density at radius 1 is 0.742 bits per heavy atom. The Labute approximate surface area is 185 Å². The fraction of sp³-hybridized carbons (Fsp3) is 0.440. The van der Waals surface area contributed by atoms with Crippen molar-refractivity contribution < 1.29 is 19.4 Å². The molecule has 1 saturated heterocycles. The minimum Gasteiger partial charge on any atom is -0.321 e. The maximum absolute atomic E-state index is 12.6. The molecule has 1 fully saturated rings. The molecule has 166 valence electrons. The third-order valence-electron chi connectivity index (χ3n) is 6.24. The van der Waals surface area contributed by atoms with Crippen molar-refractivity contribution >= 4 is 23.2 Å². The number of amides is 2. The van der Waals surface area contributed by atoms with Gasteiger partial charge in [-0.25, -0.2) is 0 Å². The van der Waals surface area contributed by atoms with Gasteiger partial charge in [-0.2, -0.15) is 0 Å². The smallest absolute Gasteiger partial charge is 0.279 e. The van der Waals surface area contributed by atoms with Gasteiger partial charge in [-0.15, -0.1) is 0 Å². The van der Waals surface area contributed by atoms with Crippen LogP contribution < -0.4 is 20.4 Å². The predicted octanol–water partition coefficient (Wildman–Crippen LogP) is 0.535. The van der Waals surface area contributed by atoms with Crippen molar-refractivity contribution in [3.8, 4) is 0 Å². The quantitative estimate of drug-likeness (QED) is 0.524. The average Bonchev–Trinajstić information content (AvgIpc) is 2.74. The highest BCUT2D eigenvalue weighted by molar-refractivity contribution is 5.93. The normalized spacial score (nSPS) is 18.5. The monoisotopic (exact) mass is 424 g/mol. The van der Waals surface area contributed by atoms with Crippen LogP contribution in [0.1, 0.15) is 29.2 Å². The number of para-hydroxylation sites is 2. The summed E-state index contributed by atoms with van der Waals surface area (Å²) in [5.74, 6) is 0.121. The number of hydrogen-bond donors (Lipinski definition) is 4. The second-order valence-corrected chi connectivity index (χ2v) is 8.68. The van der Waals surface area contributed by atoms with Crippen LogP contribution in [0.2, 0.25) is 0 Å². The first-order chi connectivity index (χ1) is 14.9. The first kappa shape index (κ1) is 23.0. The number of piperazine rings is 1. The Kier molecular flexibility index (Phi) is 7.82. The van der Waals surface area contributed by atoms with Gasteiger partial charge in [0.1, 0.15) is 26.2 Å². The van der Waals surface area contributed by atoms with Crippen molar-refractivity contribution in [2.24, 2.45) is 0 Å². The fourth-order valence-corrected chi connectivity index (χ4v) is 4.35. The van der Waals surface area contributed by atoms with Gasteiger partial charge in [0.15, 0.2) is 13.1 Å². The van der Waals surface area contributed by atoms with E-state index in [-0.39, 0.29) is 11.8 Å². The summed E-state index contributed by atoms with van der Waals surface area (Å²) in [6.07, 6.45) is 0.899. The first-order valence-electron chi connectivity index (χ1n) is 11.3.